The molecule has 15 atom stereocenters. The van der Waals surface area contributed by atoms with Gasteiger partial charge in [-0.3, -0.25) is 9.59 Å². The third-order valence-corrected chi connectivity index (χ3v) is 14.3. The van der Waals surface area contributed by atoms with Gasteiger partial charge in [0.15, 0.2) is 18.9 Å². The average molecular weight is 991 g/mol. The molecule has 17 nitrogen and oxygen atoms in total. The summed E-state index contributed by atoms with van der Waals surface area (Å²) >= 11 is 0. The van der Waals surface area contributed by atoms with E-state index in [0.717, 1.165) is 38.5 Å². The largest absolute Gasteiger partial charge is 0.394 e. The molecule has 3 heterocycles. The van der Waals surface area contributed by atoms with Crippen LogP contribution in [0.1, 0.15) is 202 Å². The number of hydrogen-bond acceptors (Lipinski definition) is 15. The minimum Gasteiger partial charge on any atom is -0.394 e. The van der Waals surface area contributed by atoms with Crippen molar-refractivity contribution in [2.75, 3.05) is 19.8 Å². The summed E-state index contributed by atoms with van der Waals surface area (Å²) in [6, 6.07) is -2.58. The van der Waals surface area contributed by atoms with Gasteiger partial charge in [0, 0.05) is 13.8 Å². The lowest BCUT2D eigenvalue weighted by Gasteiger charge is -2.50. The van der Waals surface area contributed by atoms with Gasteiger partial charge in [-0.1, -0.05) is 168 Å². The first-order valence-corrected chi connectivity index (χ1v) is 27.3. The van der Waals surface area contributed by atoms with Gasteiger partial charge < -0.3 is 74.8 Å². The fourth-order valence-electron chi connectivity index (χ4n) is 10.0. The Morgan fingerprint density at radius 1 is 0.478 bits per heavy atom. The maximum absolute atomic E-state index is 13.0. The van der Waals surface area contributed by atoms with Gasteiger partial charge in [-0.15, -0.1) is 0 Å². The van der Waals surface area contributed by atoms with Gasteiger partial charge in [-0.05, 0) is 25.7 Å². The molecule has 0 radical (unpaired) electrons. The van der Waals surface area contributed by atoms with Crippen LogP contribution in [-0.4, -0.2) is 159 Å². The molecule has 0 saturated carbocycles. The molecule has 0 aromatic carbocycles. The van der Waals surface area contributed by atoms with Crippen LogP contribution >= 0.6 is 0 Å². The number of ether oxygens (including phenoxy) is 6. The van der Waals surface area contributed by atoms with Crippen LogP contribution in [-0.2, 0) is 38.0 Å². The normalized spacial score (nSPS) is 31.8. The lowest BCUT2D eigenvalue weighted by molar-refractivity contribution is -0.366. The summed E-state index contributed by atoms with van der Waals surface area (Å²) in [6.07, 6.45) is 12.9. The Hall–Kier alpha value is -1.58. The molecule has 69 heavy (non-hydrogen) atoms. The van der Waals surface area contributed by atoms with E-state index in [-0.39, 0.29) is 12.5 Å². The van der Waals surface area contributed by atoms with Crippen LogP contribution in [0.25, 0.3) is 0 Å². The molecule has 3 rings (SSSR count). The van der Waals surface area contributed by atoms with Gasteiger partial charge >= 0.3 is 0 Å². The molecule has 0 bridgehead atoms. The zero-order chi connectivity index (χ0) is 50.6. The SMILES string of the molecule is CCCCCCCCCCCCCCC(CCCCCCCCCCCCCC)CO[C@@H]1O[C@H](CO)[C@@H](O[C@@H]2O[C@H](CO)[C@H](O)[C@H](O)[C@H]2NC(C)=O)[C@H](O[C@H]2O[C@H](C)[C@H](O)[C@H](O)[C@H]2O)[C@H]1NC(C)=O. The van der Waals surface area contributed by atoms with Gasteiger partial charge in [0.05, 0.1) is 25.9 Å². The van der Waals surface area contributed by atoms with E-state index >= 15 is 0 Å². The number of amides is 2. The molecule has 406 valence electrons. The molecule has 3 aliphatic rings. The molecule has 2 amide bonds. The topological polar surface area (TPSA) is 255 Å². The highest BCUT2D eigenvalue weighted by Crippen LogP contribution is 2.35. The highest BCUT2D eigenvalue weighted by molar-refractivity contribution is 5.73. The highest BCUT2D eigenvalue weighted by Gasteiger charge is 2.55. The first-order valence-electron chi connectivity index (χ1n) is 27.3. The van der Waals surface area contributed by atoms with Crippen LogP contribution in [0, 0.1) is 5.92 Å². The molecule has 0 unspecified atom stereocenters. The summed E-state index contributed by atoms with van der Waals surface area (Å²) in [6.45, 7) is 7.34. The van der Waals surface area contributed by atoms with E-state index in [1.54, 1.807) is 0 Å². The summed E-state index contributed by atoms with van der Waals surface area (Å²) in [7, 11) is 0. The quantitative estimate of drug-likeness (QED) is 0.0345. The van der Waals surface area contributed by atoms with Crippen molar-refractivity contribution in [2.24, 2.45) is 5.92 Å². The van der Waals surface area contributed by atoms with Gasteiger partial charge in [-0.2, -0.15) is 0 Å². The number of hydrogen-bond donors (Lipinski definition) is 9. The van der Waals surface area contributed by atoms with Crippen LogP contribution in [0.3, 0.4) is 0 Å². The van der Waals surface area contributed by atoms with E-state index in [2.05, 4.69) is 24.5 Å². The Morgan fingerprint density at radius 2 is 0.899 bits per heavy atom. The van der Waals surface area contributed by atoms with E-state index in [9.17, 15) is 45.3 Å². The molecule has 0 spiro atoms. The molecule has 9 N–H and O–H groups in total. The van der Waals surface area contributed by atoms with Crippen molar-refractivity contribution in [1.82, 2.24) is 10.6 Å². The molecule has 3 aliphatic heterocycles. The van der Waals surface area contributed by atoms with E-state index in [4.69, 9.17) is 28.4 Å². The second-order valence-electron chi connectivity index (χ2n) is 20.3. The standard InChI is InChI=1S/C52H98N2O15/c1-6-8-10-12-14-16-18-20-22-24-26-28-30-38(31-29-27-25-23-21-19-17-15-13-11-9-7-2)34-64-50-42(54-37(5)58)49(69-52-47(63)46(62)43(59)35(3)65-52)48(40(33-56)67-50)68-51-41(53-36(4)57)45(61)44(60)39(32-55)66-51/h35,38-52,55-56,59-63H,6-34H2,1-5H3,(H,53,57)(H,54,58)/t35-,39-,40-,41-,42-,43+,44+,45-,46+,47-,48-,49-,50-,51+,52-/m1/s1. The lowest BCUT2D eigenvalue weighted by Crippen LogP contribution is -2.70. The van der Waals surface area contributed by atoms with Crippen LogP contribution in [0.15, 0.2) is 0 Å². The molecular weight excluding hydrogens is 893 g/mol. The molecular formula is C52H98N2O15. The average Bonchev–Trinajstić information content (AvgIpc) is 3.32. The number of aliphatic hydroxyl groups is 7. The Labute approximate surface area is 414 Å². The Balaban J connectivity index is 1.80. The van der Waals surface area contributed by atoms with Crippen molar-refractivity contribution in [1.29, 1.82) is 0 Å². The number of carbonyl (C=O) groups excluding carboxylic acids is 2. The Kier molecular flexibility index (Phi) is 31.8. The predicted molar refractivity (Wildman–Crippen MR) is 262 cm³/mol. The zero-order valence-corrected chi connectivity index (χ0v) is 43.1. The monoisotopic (exact) mass is 991 g/mol. The van der Waals surface area contributed by atoms with Crippen molar-refractivity contribution in [3.05, 3.63) is 0 Å². The maximum atomic E-state index is 13.0. The molecule has 0 aromatic heterocycles. The summed E-state index contributed by atoms with van der Waals surface area (Å²) in [5.74, 6) is -0.935. The minimum absolute atomic E-state index is 0.164. The smallest absolute Gasteiger partial charge is 0.217 e. The first kappa shape index (κ1) is 61.7. The second-order valence-corrected chi connectivity index (χ2v) is 20.3. The number of carbonyl (C=O) groups is 2. The summed E-state index contributed by atoms with van der Waals surface area (Å²) in [5.41, 5.74) is 0. The Bertz CT molecular complexity index is 1310. The van der Waals surface area contributed by atoms with Gasteiger partial charge in [-0.25, -0.2) is 0 Å². The summed E-state index contributed by atoms with van der Waals surface area (Å²) < 4.78 is 37.6. The highest BCUT2D eigenvalue weighted by atomic mass is 16.8. The third-order valence-electron chi connectivity index (χ3n) is 14.3. The lowest BCUT2D eigenvalue weighted by atomic mass is 9.93. The van der Waals surface area contributed by atoms with Crippen LogP contribution < -0.4 is 10.6 Å². The van der Waals surface area contributed by atoms with Gasteiger partial charge in [0.2, 0.25) is 11.8 Å². The minimum atomic E-state index is -1.77. The molecule has 0 aromatic rings. The fraction of sp³-hybridized carbons (Fsp3) is 0.962. The van der Waals surface area contributed by atoms with E-state index in [1.807, 2.05) is 0 Å². The molecule has 0 aliphatic carbocycles. The molecule has 3 fully saturated rings. The first-order chi connectivity index (χ1) is 33.3. The van der Waals surface area contributed by atoms with E-state index < -0.39 is 117 Å². The number of aliphatic hydroxyl groups excluding tert-OH is 7. The predicted octanol–water partition coefficient (Wildman–Crippen LogP) is 5.57. The van der Waals surface area contributed by atoms with Crippen LogP contribution in [0.2, 0.25) is 0 Å². The van der Waals surface area contributed by atoms with E-state index in [1.165, 1.54) is 149 Å². The number of rotatable bonds is 37. The van der Waals surface area contributed by atoms with Crippen LogP contribution in [0.5, 0.6) is 0 Å². The van der Waals surface area contributed by atoms with E-state index in [0.29, 0.717) is 0 Å². The van der Waals surface area contributed by atoms with Crippen molar-refractivity contribution in [3.63, 3.8) is 0 Å². The number of unbranched alkanes of at least 4 members (excludes halogenated alkanes) is 22. The zero-order valence-electron chi connectivity index (χ0n) is 43.1. The molecule has 3 saturated heterocycles. The fourth-order valence-corrected chi connectivity index (χ4v) is 10.0. The van der Waals surface area contributed by atoms with Crippen molar-refractivity contribution in [2.45, 2.75) is 294 Å². The van der Waals surface area contributed by atoms with Crippen molar-refractivity contribution < 1.29 is 73.8 Å². The Morgan fingerprint density at radius 3 is 1.35 bits per heavy atom. The molecule has 17 heteroatoms. The maximum Gasteiger partial charge on any atom is 0.217 e. The summed E-state index contributed by atoms with van der Waals surface area (Å²) in [5, 5.41) is 80.5. The number of nitrogens with one attached hydrogen (secondary N) is 2. The van der Waals surface area contributed by atoms with Gasteiger partial charge in [0.25, 0.3) is 0 Å². The summed E-state index contributed by atoms with van der Waals surface area (Å²) in [4.78, 5) is 25.3. The van der Waals surface area contributed by atoms with Gasteiger partial charge in [0.1, 0.15) is 67.0 Å². The second kappa shape index (κ2) is 35.6. The van der Waals surface area contributed by atoms with Crippen LogP contribution in [0.4, 0.5) is 0 Å². The van der Waals surface area contributed by atoms with Crippen molar-refractivity contribution in [3.8, 4) is 0 Å². The third kappa shape index (κ3) is 22.2. The van der Waals surface area contributed by atoms with Crippen molar-refractivity contribution >= 4 is 11.8 Å².